The molecular weight excluding hydrogens is 326 g/mol. The molecule has 5 heteroatoms. The summed E-state index contributed by atoms with van der Waals surface area (Å²) in [5, 5.41) is 2.99. The van der Waals surface area contributed by atoms with Crippen molar-refractivity contribution < 1.29 is 9.53 Å². The maximum atomic E-state index is 12.9. The topological polar surface area (TPSA) is 55.6 Å². The van der Waals surface area contributed by atoms with Gasteiger partial charge in [-0.2, -0.15) is 0 Å². The number of benzene rings is 1. The van der Waals surface area contributed by atoms with Crippen LogP contribution < -0.4 is 10.1 Å². The smallest absolute Gasteiger partial charge is 0.274 e. The van der Waals surface area contributed by atoms with E-state index < -0.39 is 0 Å². The van der Waals surface area contributed by atoms with Gasteiger partial charge in [-0.15, -0.1) is 0 Å². The second-order valence-electron chi connectivity index (χ2n) is 6.29. The minimum Gasteiger partial charge on any atom is -0.493 e. The number of methoxy groups -OCH3 is 1. The number of pyridine rings is 1. The predicted octanol–water partition coefficient (Wildman–Crippen LogP) is 4.50. The lowest BCUT2D eigenvalue weighted by atomic mass is 10.1. The first-order chi connectivity index (χ1) is 12.7. The van der Waals surface area contributed by atoms with Crippen molar-refractivity contribution in [1.29, 1.82) is 0 Å². The van der Waals surface area contributed by atoms with Gasteiger partial charge in [0.05, 0.1) is 12.8 Å². The lowest BCUT2D eigenvalue weighted by Crippen LogP contribution is -2.16. The van der Waals surface area contributed by atoms with Crippen LogP contribution in [0.25, 0.3) is 5.65 Å². The molecule has 0 aliphatic heterocycles. The minimum atomic E-state index is -0.163. The third-order valence-corrected chi connectivity index (χ3v) is 4.49. The molecule has 0 atom stereocenters. The summed E-state index contributed by atoms with van der Waals surface area (Å²) in [7, 11) is 1.61. The number of hydrogen-bond donors (Lipinski definition) is 1. The molecule has 0 saturated carbocycles. The van der Waals surface area contributed by atoms with E-state index in [1.807, 2.05) is 37.4 Å². The van der Waals surface area contributed by atoms with Crippen LogP contribution in [0.15, 0.2) is 42.6 Å². The molecular formula is C21H25N3O2. The molecule has 26 heavy (non-hydrogen) atoms. The summed E-state index contributed by atoms with van der Waals surface area (Å²) in [4.78, 5) is 17.5. The fraction of sp³-hybridized carbons (Fsp3) is 0.333. The Bertz CT molecular complexity index is 898. The van der Waals surface area contributed by atoms with Gasteiger partial charge < -0.3 is 10.1 Å². The van der Waals surface area contributed by atoms with Gasteiger partial charge in [0.1, 0.15) is 5.69 Å². The van der Waals surface area contributed by atoms with Crippen LogP contribution in [0, 0.1) is 0 Å². The highest BCUT2D eigenvalue weighted by Crippen LogP contribution is 2.23. The van der Waals surface area contributed by atoms with Gasteiger partial charge >= 0.3 is 0 Å². The summed E-state index contributed by atoms with van der Waals surface area (Å²) in [6, 6.07) is 11.8. The lowest BCUT2D eigenvalue weighted by molar-refractivity contribution is 0.102. The minimum absolute atomic E-state index is 0.163. The van der Waals surface area contributed by atoms with E-state index in [0.29, 0.717) is 23.5 Å². The Balaban J connectivity index is 1.88. The Morgan fingerprint density at radius 3 is 2.62 bits per heavy atom. The quantitative estimate of drug-likeness (QED) is 0.682. The number of amides is 1. The second-order valence-corrected chi connectivity index (χ2v) is 6.29. The van der Waals surface area contributed by atoms with E-state index >= 15 is 0 Å². The molecule has 2 aromatic heterocycles. The van der Waals surface area contributed by atoms with Crippen LogP contribution in [0.3, 0.4) is 0 Å². The Hall–Kier alpha value is -2.82. The molecule has 0 aliphatic carbocycles. The highest BCUT2D eigenvalue weighted by Gasteiger charge is 2.20. The van der Waals surface area contributed by atoms with Crippen molar-refractivity contribution in [2.24, 2.45) is 0 Å². The number of hydrogen-bond acceptors (Lipinski definition) is 3. The average Bonchev–Trinajstić information content (AvgIpc) is 3.06. The average molecular weight is 351 g/mol. The van der Waals surface area contributed by atoms with Gasteiger partial charge in [-0.05, 0) is 49.1 Å². The highest BCUT2D eigenvalue weighted by molar-refractivity contribution is 6.04. The molecule has 0 radical (unpaired) electrons. The van der Waals surface area contributed by atoms with Crippen LogP contribution in [0.5, 0.6) is 5.75 Å². The molecule has 1 aromatic carbocycles. The van der Waals surface area contributed by atoms with Crippen molar-refractivity contribution in [2.75, 3.05) is 12.4 Å². The van der Waals surface area contributed by atoms with Gasteiger partial charge in [-0.1, -0.05) is 32.4 Å². The Morgan fingerprint density at radius 2 is 1.96 bits per heavy atom. The molecule has 5 nitrogen and oxygen atoms in total. The van der Waals surface area contributed by atoms with E-state index in [4.69, 9.17) is 4.74 Å². The number of anilines is 1. The summed E-state index contributed by atoms with van der Waals surface area (Å²) in [5.41, 5.74) is 4.05. The number of aromatic nitrogens is 2. The van der Waals surface area contributed by atoms with Gasteiger partial charge in [0.15, 0.2) is 11.4 Å². The number of nitrogens with one attached hydrogen (secondary N) is 1. The summed E-state index contributed by atoms with van der Waals surface area (Å²) in [6.07, 6.45) is 5.93. The van der Waals surface area contributed by atoms with E-state index in [9.17, 15) is 4.79 Å². The zero-order valence-electron chi connectivity index (χ0n) is 15.6. The monoisotopic (exact) mass is 351 g/mol. The highest BCUT2D eigenvalue weighted by atomic mass is 16.5. The van der Waals surface area contributed by atoms with E-state index in [0.717, 1.165) is 17.8 Å². The fourth-order valence-electron chi connectivity index (χ4n) is 3.06. The zero-order valence-corrected chi connectivity index (χ0v) is 15.6. The third kappa shape index (κ3) is 3.57. The van der Waals surface area contributed by atoms with Crippen molar-refractivity contribution >= 4 is 17.2 Å². The van der Waals surface area contributed by atoms with Gasteiger partial charge in [-0.25, -0.2) is 4.98 Å². The summed E-state index contributed by atoms with van der Waals surface area (Å²) >= 11 is 0. The third-order valence-electron chi connectivity index (χ3n) is 4.49. The van der Waals surface area contributed by atoms with Crippen molar-refractivity contribution in [3.63, 3.8) is 0 Å². The SMILES string of the molecule is CCCCc1ccc(NC(=O)c2c(CC)nc3c(OC)cccn23)cc1. The largest absolute Gasteiger partial charge is 0.493 e. The van der Waals surface area contributed by atoms with Crippen LogP contribution >= 0.6 is 0 Å². The van der Waals surface area contributed by atoms with Crippen molar-refractivity contribution in [3.8, 4) is 5.75 Å². The first-order valence-electron chi connectivity index (χ1n) is 9.12. The summed E-state index contributed by atoms with van der Waals surface area (Å²) in [5.74, 6) is 0.491. The van der Waals surface area contributed by atoms with Gasteiger partial charge in [0, 0.05) is 11.9 Å². The van der Waals surface area contributed by atoms with Gasteiger partial charge in [0.25, 0.3) is 5.91 Å². The van der Waals surface area contributed by atoms with Gasteiger partial charge in [-0.3, -0.25) is 9.20 Å². The van der Waals surface area contributed by atoms with Crippen LogP contribution in [-0.2, 0) is 12.8 Å². The van der Waals surface area contributed by atoms with E-state index in [2.05, 4.69) is 29.4 Å². The summed E-state index contributed by atoms with van der Waals surface area (Å²) in [6.45, 7) is 4.18. The molecule has 0 spiro atoms. The Kier molecular flexibility index (Phi) is 5.56. The lowest BCUT2D eigenvalue weighted by Gasteiger charge is -2.08. The Labute approximate surface area is 154 Å². The molecule has 0 saturated heterocycles. The number of aryl methyl sites for hydroxylation is 2. The maximum absolute atomic E-state index is 12.9. The number of carbonyl (C=O) groups is 1. The van der Waals surface area contributed by atoms with Crippen molar-refractivity contribution in [3.05, 3.63) is 59.5 Å². The first kappa shape index (κ1) is 18.0. The molecule has 3 rings (SSSR count). The number of rotatable bonds is 7. The fourth-order valence-corrected chi connectivity index (χ4v) is 3.06. The molecule has 2 heterocycles. The first-order valence-corrected chi connectivity index (χ1v) is 9.12. The number of nitrogens with zero attached hydrogens (tertiary/aromatic N) is 2. The number of ether oxygens (including phenoxy) is 1. The molecule has 1 N–H and O–H groups in total. The molecule has 3 aromatic rings. The summed E-state index contributed by atoms with van der Waals surface area (Å²) < 4.78 is 7.16. The van der Waals surface area contributed by atoms with E-state index in [1.54, 1.807) is 11.5 Å². The Morgan fingerprint density at radius 1 is 1.19 bits per heavy atom. The normalized spacial score (nSPS) is 10.9. The van der Waals surface area contributed by atoms with Crippen LogP contribution in [0.1, 0.15) is 48.4 Å². The van der Waals surface area contributed by atoms with Gasteiger partial charge in [0.2, 0.25) is 0 Å². The number of carbonyl (C=O) groups excluding carboxylic acids is 1. The van der Waals surface area contributed by atoms with E-state index in [1.165, 1.54) is 18.4 Å². The predicted molar refractivity (Wildman–Crippen MR) is 104 cm³/mol. The molecule has 136 valence electrons. The number of imidazole rings is 1. The van der Waals surface area contributed by atoms with Crippen LogP contribution in [-0.4, -0.2) is 22.4 Å². The maximum Gasteiger partial charge on any atom is 0.274 e. The zero-order chi connectivity index (χ0) is 18.5. The van der Waals surface area contributed by atoms with E-state index in [-0.39, 0.29) is 5.91 Å². The van der Waals surface area contributed by atoms with Crippen LogP contribution in [0.2, 0.25) is 0 Å². The number of fused-ring (bicyclic) bond motifs is 1. The number of unbranched alkanes of at least 4 members (excludes halogenated alkanes) is 1. The molecule has 0 bridgehead atoms. The van der Waals surface area contributed by atoms with Crippen LogP contribution in [0.4, 0.5) is 5.69 Å². The second kappa shape index (κ2) is 8.04. The molecule has 0 aliphatic rings. The standard InChI is InChI=1S/C21H25N3O2/c1-4-6-8-15-10-12-16(13-11-15)22-21(25)19-17(5-2)23-20-18(26-3)9-7-14-24(19)20/h7,9-14H,4-6,8H2,1-3H3,(H,22,25). The van der Waals surface area contributed by atoms with Crippen molar-refractivity contribution in [2.45, 2.75) is 39.5 Å². The molecule has 0 unspecified atom stereocenters. The molecule has 0 fully saturated rings. The molecule has 1 amide bonds. The van der Waals surface area contributed by atoms with Crippen molar-refractivity contribution in [1.82, 2.24) is 9.38 Å².